The minimum Gasteiger partial charge on any atom is -0.508 e. The predicted molar refractivity (Wildman–Crippen MR) is 90.4 cm³/mol. The molecule has 0 amide bonds. The molecule has 0 aliphatic carbocycles. The lowest BCUT2D eigenvalue weighted by Crippen LogP contribution is -2.23. The SMILES string of the molecule is Cc1cc(O)c(C(C)(C)C)cc1CC(O)CCNCCCO. The van der Waals surface area contributed by atoms with Gasteiger partial charge in [-0.05, 0) is 67.4 Å². The molecule has 0 spiro atoms. The van der Waals surface area contributed by atoms with E-state index in [0.29, 0.717) is 18.6 Å². The van der Waals surface area contributed by atoms with Crippen molar-refractivity contribution < 1.29 is 15.3 Å². The highest BCUT2D eigenvalue weighted by molar-refractivity contribution is 5.45. The Hall–Kier alpha value is -1.10. The van der Waals surface area contributed by atoms with E-state index in [1.54, 1.807) is 6.07 Å². The summed E-state index contributed by atoms with van der Waals surface area (Å²) in [5.41, 5.74) is 2.90. The van der Waals surface area contributed by atoms with Crippen LogP contribution in [0.15, 0.2) is 12.1 Å². The third-order valence-electron chi connectivity index (χ3n) is 3.88. The summed E-state index contributed by atoms with van der Waals surface area (Å²) in [6, 6.07) is 3.81. The summed E-state index contributed by atoms with van der Waals surface area (Å²) in [5.74, 6) is 0.328. The number of aromatic hydroxyl groups is 1. The molecule has 0 saturated heterocycles. The van der Waals surface area contributed by atoms with Crippen molar-refractivity contribution in [3.63, 3.8) is 0 Å². The first-order chi connectivity index (χ1) is 10.3. The number of phenolic OH excluding ortho intramolecular Hbond substituents is 1. The van der Waals surface area contributed by atoms with E-state index < -0.39 is 6.10 Å². The van der Waals surface area contributed by atoms with Crippen LogP contribution in [-0.4, -0.2) is 41.1 Å². The van der Waals surface area contributed by atoms with Crippen molar-refractivity contribution >= 4 is 0 Å². The number of aliphatic hydroxyl groups is 2. The molecule has 4 heteroatoms. The van der Waals surface area contributed by atoms with Crippen molar-refractivity contribution in [2.45, 2.75) is 58.5 Å². The molecule has 0 aromatic heterocycles. The number of phenols is 1. The predicted octanol–water partition coefficient (Wildman–Crippen LogP) is 2.26. The van der Waals surface area contributed by atoms with Gasteiger partial charge in [0.15, 0.2) is 0 Å². The Morgan fingerprint density at radius 2 is 1.86 bits per heavy atom. The number of aryl methyl sites for hydroxylation is 1. The summed E-state index contributed by atoms with van der Waals surface area (Å²) in [7, 11) is 0. The van der Waals surface area contributed by atoms with Gasteiger partial charge in [-0.15, -0.1) is 0 Å². The van der Waals surface area contributed by atoms with Gasteiger partial charge in [-0.3, -0.25) is 0 Å². The molecule has 0 radical (unpaired) electrons. The molecule has 1 rings (SSSR count). The summed E-state index contributed by atoms with van der Waals surface area (Å²) in [6.07, 6.45) is 1.60. The smallest absolute Gasteiger partial charge is 0.119 e. The maximum absolute atomic E-state index is 10.2. The lowest BCUT2D eigenvalue weighted by atomic mass is 9.83. The van der Waals surface area contributed by atoms with Crippen LogP contribution in [-0.2, 0) is 11.8 Å². The van der Waals surface area contributed by atoms with E-state index in [2.05, 4.69) is 26.1 Å². The molecule has 126 valence electrons. The van der Waals surface area contributed by atoms with Crippen LogP contribution in [0.1, 0.15) is 50.3 Å². The van der Waals surface area contributed by atoms with Gasteiger partial charge in [-0.2, -0.15) is 0 Å². The Kier molecular flexibility index (Phi) is 7.33. The zero-order valence-corrected chi connectivity index (χ0v) is 14.3. The maximum Gasteiger partial charge on any atom is 0.119 e. The maximum atomic E-state index is 10.2. The Balaban J connectivity index is 2.65. The molecular weight excluding hydrogens is 278 g/mol. The van der Waals surface area contributed by atoms with Gasteiger partial charge in [0.2, 0.25) is 0 Å². The van der Waals surface area contributed by atoms with Gasteiger partial charge in [0.25, 0.3) is 0 Å². The average Bonchev–Trinajstić information content (AvgIpc) is 2.40. The van der Waals surface area contributed by atoms with Crippen molar-refractivity contribution in [2.24, 2.45) is 0 Å². The van der Waals surface area contributed by atoms with Crippen LogP contribution in [0.25, 0.3) is 0 Å². The van der Waals surface area contributed by atoms with E-state index >= 15 is 0 Å². The molecule has 0 bridgehead atoms. The summed E-state index contributed by atoms with van der Waals surface area (Å²) >= 11 is 0. The fraction of sp³-hybridized carbons (Fsp3) is 0.667. The summed E-state index contributed by atoms with van der Waals surface area (Å²) in [4.78, 5) is 0. The third-order valence-corrected chi connectivity index (χ3v) is 3.88. The molecule has 4 N–H and O–H groups in total. The normalized spacial score (nSPS) is 13.4. The highest BCUT2D eigenvalue weighted by atomic mass is 16.3. The van der Waals surface area contributed by atoms with Crippen LogP contribution >= 0.6 is 0 Å². The highest BCUT2D eigenvalue weighted by Crippen LogP contribution is 2.33. The van der Waals surface area contributed by atoms with Crippen LogP contribution in [0, 0.1) is 6.92 Å². The number of aliphatic hydroxyl groups excluding tert-OH is 2. The van der Waals surface area contributed by atoms with Gasteiger partial charge < -0.3 is 20.6 Å². The zero-order chi connectivity index (χ0) is 16.8. The molecule has 0 saturated carbocycles. The van der Waals surface area contributed by atoms with Gasteiger partial charge >= 0.3 is 0 Å². The van der Waals surface area contributed by atoms with Gasteiger partial charge in [0.05, 0.1) is 6.10 Å². The second-order valence-electron chi connectivity index (χ2n) is 7.02. The van der Waals surface area contributed by atoms with E-state index in [1.165, 1.54) is 0 Å². The first-order valence-corrected chi connectivity index (χ1v) is 8.08. The number of hydrogen-bond donors (Lipinski definition) is 4. The van der Waals surface area contributed by atoms with Gasteiger partial charge in [-0.25, -0.2) is 0 Å². The third kappa shape index (κ3) is 5.95. The molecular formula is C18H31NO3. The molecule has 0 heterocycles. The number of rotatable bonds is 8. The molecule has 0 aliphatic heterocycles. The quantitative estimate of drug-likeness (QED) is 0.556. The van der Waals surface area contributed by atoms with Gasteiger partial charge in [-0.1, -0.05) is 26.8 Å². The Morgan fingerprint density at radius 3 is 2.45 bits per heavy atom. The van der Waals surface area contributed by atoms with Gasteiger partial charge in [0, 0.05) is 6.61 Å². The monoisotopic (exact) mass is 309 g/mol. The number of nitrogens with one attached hydrogen (secondary N) is 1. The van der Waals surface area contributed by atoms with E-state index in [0.717, 1.165) is 36.2 Å². The van der Waals surface area contributed by atoms with Crippen LogP contribution < -0.4 is 5.32 Å². The van der Waals surface area contributed by atoms with Crippen molar-refractivity contribution in [3.05, 3.63) is 28.8 Å². The lowest BCUT2D eigenvalue weighted by Gasteiger charge is -2.23. The topological polar surface area (TPSA) is 72.7 Å². The van der Waals surface area contributed by atoms with Crippen molar-refractivity contribution in [2.75, 3.05) is 19.7 Å². The molecule has 1 aromatic carbocycles. The van der Waals surface area contributed by atoms with E-state index in [4.69, 9.17) is 5.11 Å². The van der Waals surface area contributed by atoms with Crippen LogP contribution in [0.2, 0.25) is 0 Å². The molecule has 0 fully saturated rings. The van der Waals surface area contributed by atoms with Crippen LogP contribution in [0.4, 0.5) is 0 Å². The Bertz CT molecular complexity index is 466. The van der Waals surface area contributed by atoms with Crippen LogP contribution in [0.3, 0.4) is 0 Å². The molecule has 1 aromatic rings. The number of hydrogen-bond acceptors (Lipinski definition) is 4. The Labute approximate surface area is 134 Å². The zero-order valence-electron chi connectivity index (χ0n) is 14.3. The van der Waals surface area contributed by atoms with Gasteiger partial charge in [0.1, 0.15) is 5.75 Å². The molecule has 0 aliphatic rings. The summed E-state index contributed by atoms with van der Waals surface area (Å²) in [6.45, 7) is 9.89. The standard InChI is InChI=1S/C18H31NO3/c1-13-10-17(22)16(18(2,3)4)12-14(13)11-15(21)6-8-19-7-5-9-20/h10,12,15,19-22H,5-9,11H2,1-4H3. The first kappa shape index (κ1) is 18.9. The van der Waals surface area contributed by atoms with Crippen molar-refractivity contribution in [1.29, 1.82) is 0 Å². The minimum atomic E-state index is -0.405. The van der Waals surface area contributed by atoms with Crippen LogP contribution in [0.5, 0.6) is 5.75 Å². The Morgan fingerprint density at radius 1 is 1.18 bits per heavy atom. The highest BCUT2D eigenvalue weighted by Gasteiger charge is 2.20. The summed E-state index contributed by atoms with van der Waals surface area (Å²) in [5, 5.41) is 32.2. The molecule has 4 nitrogen and oxygen atoms in total. The molecule has 22 heavy (non-hydrogen) atoms. The summed E-state index contributed by atoms with van der Waals surface area (Å²) < 4.78 is 0. The second kappa shape index (κ2) is 8.51. The molecule has 1 unspecified atom stereocenters. The van der Waals surface area contributed by atoms with E-state index in [9.17, 15) is 10.2 Å². The largest absolute Gasteiger partial charge is 0.508 e. The second-order valence-corrected chi connectivity index (χ2v) is 7.02. The first-order valence-electron chi connectivity index (χ1n) is 8.08. The van der Waals surface area contributed by atoms with E-state index in [1.807, 2.05) is 13.0 Å². The average molecular weight is 309 g/mol. The lowest BCUT2D eigenvalue weighted by molar-refractivity contribution is 0.163. The van der Waals surface area contributed by atoms with Crippen molar-refractivity contribution in [1.82, 2.24) is 5.32 Å². The fourth-order valence-corrected chi connectivity index (χ4v) is 2.51. The van der Waals surface area contributed by atoms with E-state index in [-0.39, 0.29) is 12.0 Å². The number of benzene rings is 1. The van der Waals surface area contributed by atoms with Crippen molar-refractivity contribution in [3.8, 4) is 5.75 Å². The minimum absolute atomic E-state index is 0.122. The fourth-order valence-electron chi connectivity index (χ4n) is 2.51. The molecule has 1 atom stereocenters.